The highest BCUT2D eigenvalue weighted by molar-refractivity contribution is 6.33. The molecule has 0 saturated carbocycles. The van der Waals surface area contributed by atoms with Crippen LogP contribution in [0.5, 0.6) is 0 Å². The molecule has 1 heterocycles. The SMILES string of the molecule is CNCC(=O)Nc1cc(-n2cnnn2)ccc1Cl. The molecule has 1 aromatic heterocycles. The lowest BCUT2D eigenvalue weighted by Crippen LogP contribution is -2.25. The Morgan fingerprint density at radius 3 is 3.00 bits per heavy atom. The van der Waals surface area contributed by atoms with E-state index < -0.39 is 0 Å². The van der Waals surface area contributed by atoms with E-state index in [-0.39, 0.29) is 12.5 Å². The van der Waals surface area contributed by atoms with E-state index in [0.717, 1.165) is 0 Å². The lowest BCUT2D eigenvalue weighted by molar-refractivity contribution is -0.115. The minimum atomic E-state index is -0.173. The molecule has 0 radical (unpaired) electrons. The van der Waals surface area contributed by atoms with E-state index in [1.54, 1.807) is 25.2 Å². The average molecular weight is 267 g/mol. The van der Waals surface area contributed by atoms with Gasteiger partial charge in [-0.1, -0.05) is 11.6 Å². The Kier molecular flexibility index (Phi) is 3.85. The number of benzene rings is 1. The Morgan fingerprint density at radius 2 is 2.33 bits per heavy atom. The van der Waals surface area contributed by atoms with E-state index in [0.29, 0.717) is 16.4 Å². The van der Waals surface area contributed by atoms with Crippen molar-refractivity contribution in [3.8, 4) is 5.69 Å². The maximum Gasteiger partial charge on any atom is 0.238 e. The molecule has 0 spiro atoms. The standard InChI is InChI=1S/C10H11ClN6O/c1-12-5-10(18)14-9-4-7(2-3-8(9)11)17-6-13-15-16-17/h2-4,6,12H,5H2,1H3,(H,14,18). The fourth-order valence-corrected chi connectivity index (χ4v) is 1.55. The molecule has 2 N–H and O–H groups in total. The molecule has 0 aliphatic carbocycles. The zero-order valence-corrected chi connectivity index (χ0v) is 10.3. The summed E-state index contributed by atoms with van der Waals surface area (Å²) in [5.41, 5.74) is 1.23. The summed E-state index contributed by atoms with van der Waals surface area (Å²) in [6.45, 7) is 0.214. The Morgan fingerprint density at radius 1 is 1.50 bits per heavy atom. The molecule has 0 saturated heterocycles. The third kappa shape index (κ3) is 2.82. The van der Waals surface area contributed by atoms with Crippen molar-refractivity contribution in [1.82, 2.24) is 25.5 Å². The molecule has 8 heteroatoms. The fourth-order valence-electron chi connectivity index (χ4n) is 1.39. The van der Waals surface area contributed by atoms with Crippen molar-refractivity contribution in [3.05, 3.63) is 29.5 Å². The van der Waals surface area contributed by atoms with Crippen LogP contribution in [-0.2, 0) is 4.79 Å². The molecular formula is C10H11ClN6O. The Hall–Kier alpha value is -1.99. The number of nitrogens with one attached hydrogen (secondary N) is 2. The molecule has 0 bridgehead atoms. The van der Waals surface area contributed by atoms with Gasteiger partial charge in [0.2, 0.25) is 5.91 Å². The molecule has 7 nitrogen and oxygen atoms in total. The number of halogens is 1. The molecule has 0 fully saturated rings. The number of aromatic nitrogens is 4. The number of hydrogen-bond acceptors (Lipinski definition) is 5. The molecule has 0 aliphatic rings. The van der Waals surface area contributed by atoms with Gasteiger partial charge in [0.05, 0.1) is 22.9 Å². The van der Waals surface area contributed by atoms with Crippen LogP contribution in [0.4, 0.5) is 5.69 Å². The quantitative estimate of drug-likeness (QED) is 0.841. The number of carbonyl (C=O) groups is 1. The molecule has 18 heavy (non-hydrogen) atoms. The number of likely N-dealkylation sites (N-methyl/N-ethyl adjacent to an activating group) is 1. The largest absolute Gasteiger partial charge is 0.324 e. The number of anilines is 1. The van der Waals surface area contributed by atoms with Gasteiger partial charge in [-0.05, 0) is 35.7 Å². The zero-order chi connectivity index (χ0) is 13.0. The van der Waals surface area contributed by atoms with E-state index in [2.05, 4.69) is 26.2 Å². The van der Waals surface area contributed by atoms with E-state index >= 15 is 0 Å². The van der Waals surface area contributed by atoms with Gasteiger partial charge in [-0.2, -0.15) is 0 Å². The molecule has 2 aromatic rings. The molecule has 0 aliphatic heterocycles. The molecule has 94 valence electrons. The lowest BCUT2D eigenvalue weighted by Gasteiger charge is -2.08. The number of hydrogen-bond donors (Lipinski definition) is 2. The number of nitrogens with zero attached hydrogens (tertiary/aromatic N) is 4. The molecule has 1 amide bonds. The zero-order valence-electron chi connectivity index (χ0n) is 9.59. The van der Waals surface area contributed by atoms with E-state index in [4.69, 9.17) is 11.6 Å². The summed E-state index contributed by atoms with van der Waals surface area (Å²) in [7, 11) is 1.69. The summed E-state index contributed by atoms with van der Waals surface area (Å²) in [5.74, 6) is -0.173. The topological polar surface area (TPSA) is 84.7 Å². The highest BCUT2D eigenvalue weighted by Gasteiger charge is 2.07. The molecule has 1 aromatic carbocycles. The summed E-state index contributed by atoms with van der Waals surface area (Å²) >= 11 is 6.01. The van der Waals surface area contributed by atoms with E-state index in [1.165, 1.54) is 11.0 Å². The second-order valence-corrected chi connectivity index (χ2v) is 3.90. The molecule has 0 unspecified atom stereocenters. The third-order valence-corrected chi connectivity index (χ3v) is 2.50. The highest BCUT2D eigenvalue weighted by atomic mass is 35.5. The maximum atomic E-state index is 11.5. The van der Waals surface area contributed by atoms with Crippen LogP contribution < -0.4 is 10.6 Å². The maximum absolute atomic E-state index is 11.5. The van der Waals surface area contributed by atoms with Crippen molar-refractivity contribution in [3.63, 3.8) is 0 Å². The summed E-state index contributed by atoms with van der Waals surface area (Å²) in [6.07, 6.45) is 1.46. The molecule has 2 rings (SSSR count). The minimum Gasteiger partial charge on any atom is -0.324 e. The van der Waals surface area contributed by atoms with Crippen molar-refractivity contribution < 1.29 is 4.79 Å². The number of tetrazole rings is 1. The molecule has 0 atom stereocenters. The van der Waals surface area contributed by atoms with E-state index in [1.807, 2.05) is 0 Å². The van der Waals surface area contributed by atoms with Gasteiger partial charge in [0.25, 0.3) is 0 Å². The van der Waals surface area contributed by atoms with E-state index in [9.17, 15) is 4.79 Å². The second-order valence-electron chi connectivity index (χ2n) is 3.50. The number of rotatable bonds is 4. The van der Waals surface area contributed by atoms with Crippen LogP contribution in [0.1, 0.15) is 0 Å². The highest BCUT2D eigenvalue weighted by Crippen LogP contribution is 2.24. The van der Waals surface area contributed by atoms with Crippen LogP contribution in [0.3, 0.4) is 0 Å². The first kappa shape index (κ1) is 12.5. The Balaban J connectivity index is 2.24. The predicted octanol–water partition coefficient (Wildman–Crippen LogP) is 0.474. The van der Waals surface area contributed by atoms with Crippen molar-refractivity contribution >= 4 is 23.2 Å². The van der Waals surface area contributed by atoms with Gasteiger partial charge in [0.15, 0.2) is 0 Å². The van der Waals surface area contributed by atoms with Crippen LogP contribution in [0, 0.1) is 0 Å². The first-order valence-electron chi connectivity index (χ1n) is 5.18. The van der Waals surface area contributed by atoms with Crippen LogP contribution in [0.2, 0.25) is 5.02 Å². The predicted molar refractivity (Wildman–Crippen MR) is 66.7 cm³/mol. The van der Waals surface area contributed by atoms with Gasteiger partial charge in [0, 0.05) is 0 Å². The van der Waals surface area contributed by atoms with Crippen molar-refractivity contribution in [1.29, 1.82) is 0 Å². The molecular weight excluding hydrogens is 256 g/mol. The van der Waals surface area contributed by atoms with Crippen molar-refractivity contribution in [2.24, 2.45) is 0 Å². The Labute approximate surface area is 108 Å². The van der Waals surface area contributed by atoms with Gasteiger partial charge in [-0.15, -0.1) is 5.10 Å². The van der Waals surface area contributed by atoms with Crippen LogP contribution in [-0.4, -0.2) is 39.7 Å². The summed E-state index contributed by atoms with van der Waals surface area (Å²) in [5, 5.41) is 16.8. The van der Waals surface area contributed by atoms with Gasteiger partial charge in [0.1, 0.15) is 6.33 Å². The van der Waals surface area contributed by atoms with Crippen molar-refractivity contribution in [2.45, 2.75) is 0 Å². The Bertz CT molecular complexity index is 541. The van der Waals surface area contributed by atoms with Gasteiger partial charge in [-0.3, -0.25) is 4.79 Å². The summed E-state index contributed by atoms with van der Waals surface area (Å²) in [6, 6.07) is 5.13. The van der Waals surface area contributed by atoms with Gasteiger partial charge >= 0.3 is 0 Å². The van der Waals surface area contributed by atoms with Crippen molar-refractivity contribution in [2.75, 3.05) is 18.9 Å². The average Bonchev–Trinajstić information content (AvgIpc) is 2.86. The van der Waals surface area contributed by atoms with Crippen LogP contribution in [0.25, 0.3) is 5.69 Å². The first-order valence-corrected chi connectivity index (χ1v) is 5.56. The van der Waals surface area contributed by atoms with Gasteiger partial charge in [-0.25, -0.2) is 4.68 Å². The monoisotopic (exact) mass is 266 g/mol. The minimum absolute atomic E-state index is 0.173. The number of carbonyl (C=O) groups excluding carboxylic acids is 1. The normalized spacial score (nSPS) is 10.3. The van der Waals surface area contributed by atoms with Crippen LogP contribution >= 0.6 is 11.6 Å². The smallest absolute Gasteiger partial charge is 0.238 e. The first-order chi connectivity index (χ1) is 8.70. The van der Waals surface area contributed by atoms with Crippen LogP contribution in [0.15, 0.2) is 24.5 Å². The fraction of sp³-hybridized carbons (Fsp3) is 0.200. The second kappa shape index (κ2) is 5.56. The van der Waals surface area contributed by atoms with Gasteiger partial charge < -0.3 is 10.6 Å². The lowest BCUT2D eigenvalue weighted by atomic mass is 10.2. The number of amides is 1. The third-order valence-electron chi connectivity index (χ3n) is 2.17. The summed E-state index contributed by atoms with van der Waals surface area (Å²) < 4.78 is 1.48. The summed E-state index contributed by atoms with van der Waals surface area (Å²) in [4.78, 5) is 11.5.